The van der Waals surface area contributed by atoms with Crippen LogP contribution < -0.4 is 0 Å². The zero-order valence-electron chi connectivity index (χ0n) is 11.6. The molecule has 21 heavy (non-hydrogen) atoms. The highest BCUT2D eigenvalue weighted by Gasteiger charge is 2.27. The van der Waals surface area contributed by atoms with Crippen molar-refractivity contribution in [2.75, 3.05) is 26.7 Å². The molecule has 0 bridgehead atoms. The Labute approximate surface area is 135 Å². The minimum atomic E-state index is -0.911. The Kier molecular flexibility index (Phi) is 5.60. The SMILES string of the molecule is CN(Cc1csc(Br)c1)C(=O)N1CCOC(CC(=O)O)C1. The Bertz CT molecular complexity index is 522. The molecule has 1 aromatic rings. The van der Waals surface area contributed by atoms with E-state index in [4.69, 9.17) is 9.84 Å². The van der Waals surface area contributed by atoms with Gasteiger partial charge in [0, 0.05) is 26.7 Å². The van der Waals surface area contributed by atoms with Gasteiger partial charge in [-0.25, -0.2) is 4.79 Å². The minimum Gasteiger partial charge on any atom is -0.481 e. The van der Waals surface area contributed by atoms with E-state index in [1.165, 1.54) is 0 Å². The molecule has 1 aliphatic heterocycles. The van der Waals surface area contributed by atoms with Crippen molar-refractivity contribution < 1.29 is 19.4 Å². The largest absolute Gasteiger partial charge is 0.481 e. The molecule has 0 aromatic carbocycles. The number of rotatable bonds is 4. The van der Waals surface area contributed by atoms with Crippen molar-refractivity contribution in [3.8, 4) is 0 Å². The molecule has 2 amide bonds. The molecule has 0 spiro atoms. The Morgan fingerprint density at radius 3 is 3.00 bits per heavy atom. The molecule has 6 nitrogen and oxygen atoms in total. The van der Waals surface area contributed by atoms with Crippen molar-refractivity contribution in [2.24, 2.45) is 0 Å². The number of aliphatic carboxylic acids is 1. The van der Waals surface area contributed by atoms with Gasteiger partial charge in [-0.1, -0.05) is 0 Å². The van der Waals surface area contributed by atoms with Gasteiger partial charge in [0.05, 0.1) is 22.9 Å². The summed E-state index contributed by atoms with van der Waals surface area (Å²) in [6.45, 7) is 1.72. The fourth-order valence-corrected chi connectivity index (χ4v) is 3.42. The maximum Gasteiger partial charge on any atom is 0.320 e. The molecule has 1 fully saturated rings. The molecule has 1 aliphatic rings. The second kappa shape index (κ2) is 7.24. The number of carboxylic acid groups (broad SMARTS) is 1. The van der Waals surface area contributed by atoms with Crippen LogP contribution in [0.3, 0.4) is 0 Å². The highest BCUT2D eigenvalue weighted by molar-refractivity contribution is 9.11. The average molecular weight is 377 g/mol. The summed E-state index contributed by atoms with van der Waals surface area (Å²) < 4.78 is 6.41. The lowest BCUT2D eigenvalue weighted by atomic mass is 10.2. The van der Waals surface area contributed by atoms with E-state index in [1.807, 2.05) is 11.4 Å². The van der Waals surface area contributed by atoms with Crippen LogP contribution in [-0.2, 0) is 16.1 Å². The summed E-state index contributed by atoms with van der Waals surface area (Å²) in [6.07, 6.45) is -0.505. The predicted octanol–water partition coefficient (Wildman–Crippen LogP) is 2.24. The molecule has 0 radical (unpaired) electrons. The summed E-state index contributed by atoms with van der Waals surface area (Å²) in [7, 11) is 1.75. The van der Waals surface area contributed by atoms with Gasteiger partial charge in [-0.2, -0.15) is 0 Å². The maximum atomic E-state index is 12.4. The Morgan fingerprint density at radius 1 is 1.62 bits per heavy atom. The number of amides is 2. The first-order chi connectivity index (χ1) is 9.95. The first kappa shape index (κ1) is 16.3. The number of carbonyl (C=O) groups is 2. The van der Waals surface area contributed by atoms with Gasteiger partial charge < -0.3 is 19.6 Å². The van der Waals surface area contributed by atoms with Crippen molar-refractivity contribution >= 4 is 39.3 Å². The molecule has 0 saturated carbocycles. The Hall–Kier alpha value is -1.12. The first-order valence-corrected chi connectivity index (χ1v) is 8.19. The molecule has 1 unspecified atom stereocenters. The summed E-state index contributed by atoms with van der Waals surface area (Å²) >= 11 is 4.98. The Balaban J connectivity index is 1.90. The molecular formula is C13H17BrN2O4S. The lowest BCUT2D eigenvalue weighted by molar-refractivity contribution is -0.141. The van der Waals surface area contributed by atoms with Crippen LogP contribution in [0, 0.1) is 0 Å². The van der Waals surface area contributed by atoms with Gasteiger partial charge in [0.15, 0.2) is 0 Å². The molecule has 0 aliphatic carbocycles. The van der Waals surface area contributed by atoms with Crippen LogP contribution in [0.5, 0.6) is 0 Å². The number of nitrogens with zero attached hydrogens (tertiary/aromatic N) is 2. The number of hydrogen-bond donors (Lipinski definition) is 1. The normalized spacial score (nSPS) is 18.6. The zero-order chi connectivity index (χ0) is 15.4. The third kappa shape index (κ3) is 4.69. The summed E-state index contributed by atoms with van der Waals surface area (Å²) in [5.41, 5.74) is 1.07. The van der Waals surface area contributed by atoms with E-state index in [2.05, 4.69) is 15.9 Å². The van der Waals surface area contributed by atoms with Crippen LogP contribution in [-0.4, -0.2) is 59.8 Å². The first-order valence-electron chi connectivity index (χ1n) is 6.52. The van der Waals surface area contributed by atoms with Gasteiger partial charge in [0.25, 0.3) is 0 Å². The molecule has 1 N–H and O–H groups in total. The van der Waals surface area contributed by atoms with Crippen LogP contribution in [0.4, 0.5) is 4.79 Å². The van der Waals surface area contributed by atoms with Gasteiger partial charge >= 0.3 is 12.0 Å². The van der Waals surface area contributed by atoms with Crippen molar-refractivity contribution in [3.05, 3.63) is 20.8 Å². The average Bonchev–Trinajstić information content (AvgIpc) is 2.82. The third-order valence-corrected chi connectivity index (χ3v) is 4.73. The summed E-state index contributed by atoms with van der Waals surface area (Å²) in [6, 6.07) is 1.89. The number of halogens is 1. The lowest BCUT2D eigenvalue weighted by Gasteiger charge is -2.34. The van der Waals surface area contributed by atoms with E-state index in [0.29, 0.717) is 26.2 Å². The topological polar surface area (TPSA) is 70.1 Å². The molecular weight excluding hydrogens is 360 g/mol. The van der Waals surface area contributed by atoms with E-state index >= 15 is 0 Å². The molecule has 1 atom stereocenters. The molecule has 1 aromatic heterocycles. The van der Waals surface area contributed by atoms with E-state index < -0.39 is 12.1 Å². The molecule has 2 rings (SSSR count). The molecule has 116 valence electrons. The highest BCUT2D eigenvalue weighted by Crippen LogP contribution is 2.22. The van der Waals surface area contributed by atoms with Crippen molar-refractivity contribution in [3.63, 3.8) is 0 Å². The van der Waals surface area contributed by atoms with Crippen LogP contribution in [0.25, 0.3) is 0 Å². The van der Waals surface area contributed by atoms with Gasteiger partial charge in [0.1, 0.15) is 0 Å². The van der Waals surface area contributed by atoms with E-state index in [0.717, 1.165) is 9.35 Å². The summed E-state index contributed by atoms with van der Waals surface area (Å²) in [4.78, 5) is 26.4. The van der Waals surface area contributed by atoms with Gasteiger partial charge in [0.2, 0.25) is 0 Å². The maximum absolute atomic E-state index is 12.4. The number of thiophene rings is 1. The number of carbonyl (C=O) groups excluding carboxylic acids is 1. The minimum absolute atomic E-state index is 0.0784. The summed E-state index contributed by atoms with van der Waals surface area (Å²) in [5, 5.41) is 10.8. The van der Waals surface area contributed by atoms with Gasteiger partial charge in [-0.15, -0.1) is 11.3 Å². The number of urea groups is 1. The molecule has 1 saturated heterocycles. The van der Waals surface area contributed by atoms with Crippen molar-refractivity contribution in [1.82, 2.24) is 9.80 Å². The Morgan fingerprint density at radius 2 is 2.38 bits per heavy atom. The monoisotopic (exact) mass is 376 g/mol. The van der Waals surface area contributed by atoms with E-state index in [-0.39, 0.29) is 12.5 Å². The molecule has 2 heterocycles. The van der Waals surface area contributed by atoms with Crippen LogP contribution in [0.2, 0.25) is 0 Å². The van der Waals surface area contributed by atoms with Crippen LogP contribution in [0.1, 0.15) is 12.0 Å². The van der Waals surface area contributed by atoms with E-state index in [1.54, 1.807) is 28.2 Å². The third-order valence-electron chi connectivity index (χ3n) is 3.18. The van der Waals surface area contributed by atoms with E-state index in [9.17, 15) is 9.59 Å². The second-order valence-electron chi connectivity index (χ2n) is 4.93. The fraction of sp³-hybridized carbons (Fsp3) is 0.538. The van der Waals surface area contributed by atoms with Crippen molar-refractivity contribution in [1.29, 1.82) is 0 Å². The lowest BCUT2D eigenvalue weighted by Crippen LogP contribution is -2.50. The number of ether oxygens (including phenoxy) is 1. The molecule has 8 heteroatoms. The second-order valence-corrected chi connectivity index (χ2v) is 7.22. The summed E-state index contributed by atoms with van der Waals surface area (Å²) in [5.74, 6) is -0.911. The number of hydrogen-bond acceptors (Lipinski definition) is 4. The smallest absolute Gasteiger partial charge is 0.320 e. The number of carboxylic acids is 1. The van der Waals surface area contributed by atoms with Crippen LogP contribution in [0.15, 0.2) is 15.2 Å². The zero-order valence-corrected chi connectivity index (χ0v) is 14.0. The highest BCUT2D eigenvalue weighted by atomic mass is 79.9. The van der Waals surface area contributed by atoms with Gasteiger partial charge in [-0.05, 0) is 32.9 Å². The van der Waals surface area contributed by atoms with Crippen LogP contribution >= 0.6 is 27.3 Å². The predicted molar refractivity (Wildman–Crippen MR) is 82.4 cm³/mol. The quantitative estimate of drug-likeness (QED) is 0.874. The fourth-order valence-electron chi connectivity index (χ4n) is 2.22. The standard InChI is InChI=1S/C13H17BrN2O4S/c1-15(6-9-4-11(14)21-8-9)13(19)16-2-3-20-10(7-16)5-12(17)18/h4,8,10H,2-3,5-7H2,1H3,(H,17,18). The number of morpholine rings is 1. The van der Waals surface area contributed by atoms with Gasteiger partial charge in [-0.3, -0.25) is 4.79 Å². The van der Waals surface area contributed by atoms with Crippen molar-refractivity contribution in [2.45, 2.75) is 19.1 Å².